The van der Waals surface area contributed by atoms with Crippen LogP contribution in [0.2, 0.25) is 9.91 Å². The average Bonchev–Trinajstić information content (AvgIpc) is 2.94. The van der Waals surface area contributed by atoms with Crippen molar-refractivity contribution in [2.45, 2.75) is 55.0 Å². The molecular weight excluding hydrogens is 345 g/mol. The van der Waals surface area contributed by atoms with Crippen molar-refractivity contribution in [3.63, 3.8) is 0 Å². The van der Waals surface area contributed by atoms with E-state index in [2.05, 4.69) is 44.2 Å². The first-order chi connectivity index (χ1) is 11.1. The third-order valence-corrected chi connectivity index (χ3v) is 8.30. The first-order valence-electron chi connectivity index (χ1n) is 8.82. The van der Waals surface area contributed by atoms with E-state index in [0.29, 0.717) is 22.4 Å². The van der Waals surface area contributed by atoms with Crippen molar-refractivity contribution >= 4 is 27.2 Å². The van der Waals surface area contributed by atoms with Crippen LogP contribution < -0.4 is 0 Å². The summed E-state index contributed by atoms with van der Waals surface area (Å²) in [6.07, 6.45) is 8.24. The van der Waals surface area contributed by atoms with Gasteiger partial charge < -0.3 is 0 Å². The summed E-state index contributed by atoms with van der Waals surface area (Å²) in [5.41, 5.74) is 4.06. The summed E-state index contributed by atoms with van der Waals surface area (Å²) in [6.45, 7) is 4.94. The number of allylic oxidation sites excluding steroid dienone is 2. The van der Waals surface area contributed by atoms with Gasteiger partial charge in [-0.3, -0.25) is 0 Å². The second-order valence-electron chi connectivity index (χ2n) is 7.58. The summed E-state index contributed by atoms with van der Waals surface area (Å²) in [4.78, 5) is 4.74. The first-order valence-corrected chi connectivity index (χ1v) is 11.2. The van der Waals surface area contributed by atoms with Gasteiger partial charge in [-0.05, 0) is 0 Å². The van der Waals surface area contributed by atoms with E-state index in [-0.39, 0.29) is 5.54 Å². The molecule has 2 heterocycles. The molecule has 1 saturated carbocycles. The molecule has 4 rings (SSSR count). The van der Waals surface area contributed by atoms with Crippen molar-refractivity contribution in [3.8, 4) is 0 Å². The molecule has 1 aromatic rings. The zero-order valence-corrected chi connectivity index (χ0v) is 16.0. The Bertz CT molecular complexity index is 661. The van der Waals surface area contributed by atoms with E-state index >= 15 is 0 Å². The standard InChI is InChI=1S/C20H25AsNO/c1-20(2)13-23-19(22-20)15-7-5-6-14(12-15)16-10-11-21-18-9-4-3-8-17(16)18/h5-7,10,12,17-18H,3-4,8-9,11,13H2,1-2H3. The van der Waals surface area contributed by atoms with Crippen LogP contribution in [-0.2, 0) is 4.74 Å². The van der Waals surface area contributed by atoms with Crippen LogP contribution in [0.1, 0.15) is 50.7 Å². The number of hydrogen-bond acceptors (Lipinski definition) is 2. The van der Waals surface area contributed by atoms with Crippen LogP contribution in [0.25, 0.3) is 5.57 Å². The maximum atomic E-state index is 5.84. The summed E-state index contributed by atoms with van der Waals surface area (Å²) in [5.74, 6) is 1.63. The summed E-state index contributed by atoms with van der Waals surface area (Å²) in [5, 5.41) is 1.34. The second kappa shape index (κ2) is 6.13. The van der Waals surface area contributed by atoms with E-state index in [4.69, 9.17) is 9.73 Å². The Morgan fingerprint density at radius 1 is 1.17 bits per heavy atom. The van der Waals surface area contributed by atoms with Crippen molar-refractivity contribution < 1.29 is 4.74 Å². The summed E-state index contributed by atoms with van der Waals surface area (Å²) < 4.78 is 6.84. The van der Waals surface area contributed by atoms with E-state index in [1.54, 1.807) is 5.57 Å². The van der Waals surface area contributed by atoms with Crippen molar-refractivity contribution in [1.29, 1.82) is 0 Å². The van der Waals surface area contributed by atoms with Gasteiger partial charge in [0.25, 0.3) is 0 Å². The molecule has 121 valence electrons. The van der Waals surface area contributed by atoms with Crippen LogP contribution in [0.5, 0.6) is 0 Å². The van der Waals surface area contributed by atoms with Crippen LogP contribution in [-0.4, -0.2) is 33.8 Å². The predicted molar refractivity (Wildman–Crippen MR) is 97.3 cm³/mol. The number of fused-ring (bicyclic) bond motifs is 1. The zero-order valence-electron chi connectivity index (χ0n) is 14.1. The molecule has 0 amide bonds. The van der Waals surface area contributed by atoms with Gasteiger partial charge >= 0.3 is 146 Å². The first kappa shape index (κ1) is 15.5. The Hall–Kier alpha value is -1.01. The monoisotopic (exact) mass is 370 g/mol. The van der Waals surface area contributed by atoms with Gasteiger partial charge in [0.05, 0.1) is 0 Å². The summed E-state index contributed by atoms with van der Waals surface area (Å²) in [6, 6.07) is 8.89. The van der Waals surface area contributed by atoms with Gasteiger partial charge in [0.2, 0.25) is 0 Å². The van der Waals surface area contributed by atoms with Crippen LogP contribution >= 0.6 is 0 Å². The van der Waals surface area contributed by atoms with Crippen LogP contribution in [0.3, 0.4) is 0 Å². The van der Waals surface area contributed by atoms with E-state index < -0.39 is 0 Å². The minimum atomic E-state index is -0.0896. The fourth-order valence-corrected chi connectivity index (χ4v) is 7.18. The molecule has 0 spiro atoms. The van der Waals surface area contributed by atoms with Crippen molar-refractivity contribution in [1.82, 2.24) is 0 Å². The Kier molecular flexibility index (Phi) is 4.13. The Balaban J connectivity index is 1.65. The number of benzene rings is 1. The van der Waals surface area contributed by atoms with Crippen LogP contribution in [0.15, 0.2) is 35.3 Å². The van der Waals surface area contributed by atoms with Gasteiger partial charge in [-0.15, -0.1) is 0 Å². The molecule has 1 fully saturated rings. The summed E-state index contributed by atoms with van der Waals surface area (Å²) >= 11 is 0.528. The molecule has 0 bridgehead atoms. The molecule has 2 nitrogen and oxygen atoms in total. The van der Waals surface area contributed by atoms with Crippen molar-refractivity contribution in [3.05, 3.63) is 41.5 Å². The van der Waals surface area contributed by atoms with Gasteiger partial charge in [-0.25, -0.2) is 0 Å². The van der Waals surface area contributed by atoms with E-state index in [1.807, 2.05) is 0 Å². The maximum absolute atomic E-state index is 5.84. The molecule has 1 aromatic carbocycles. The molecule has 1 aliphatic carbocycles. The molecule has 23 heavy (non-hydrogen) atoms. The molecule has 0 N–H and O–H groups in total. The van der Waals surface area contributed by atoms with Crippen molar-refractivity contribution in [2.24, 2.45) is 10.9 Å². The Labute approximate surface area is 146 Å². The molecular formula is C20H25AsNO. The van der Waals surface area contributed by atoms with Crippen LogP contribution in [0, 0.1) is 5.92 Å². The predicted octanol–water partition coefficient (Wildman–Crippen LogP) is 4.74. The molecule has 2 atom stereocenters. The molecule has 2 unspecified atom stereocenters. The number of hydrogen-bond donors (Lipinski definition) is 0. The van der Waals surface area contributed by atoms with Crippen molar-refractivity contribution in [2.75, 3.05) is 6.61 Å². The van der Waals surface area contributed by atoms with E-state index in [1.165, 1.54) is 36.5 Å². The number of rotatable bonds is 2. The third-order valence-electron chi connectivity index (χ3n) is 5.19. The zero-order chi connectivity index (χ0) is 15.9. The van der Waals surface area contributed by atoms with Crippen LogP contribution in [0.4, 0.5) is 0 Å². The molecule has 2 aliphatic heterocycles. The van der Waals surface area contributed by atoms with E-state index in [0.717, 1.165) is 22.1 Å². The van der Waals surface area contributed by atoms with E-state index in [9.17, 15) is 0 Å². The average molecular weight is 370 g/mol. The Morgan fingerprint density at radius 3 is 2.83 bits per heavy atom. The summed E-state index contributed by atoms with van der Waals surface area (Å²) in [7, 11) is 0. The fraction of sp³-hybridized carbons (Fsp3) is 0.550. The molecule has 0 saturated heterocycles. The van der Waals surface area contributed by atoms with Gasteiger partial charge in [0, 0.05) is 0 Å². The number of ether oxygens (including phenoxy) is 1. The van der Waals surface area contributed by atoms with Gasteiger partial charge in [-0.1, -0.05) is 0 Å². The SMILES string of the molecule is CC1(C)COC(c2cccc(C3=CC[As]C4CCCCC34)c2)=N1. The molecule has 3 aliphatic rings. The normalized spacial score (nSPS) is 30.3. The third kappa shape index (κ3) is 3.15. The topological polar surface area (TPSA) is 21.6 Å². The molecule has 3 heteroatoms. The Morgan fingerprint density at radius 2 is 2.00 bits per heavy atom. The number of nitrogens with zero attached hydrogens (tertiary/aromatic N) is 1. The second-order valence-corrected chi connectivity index (χ2v) is 10.5. The number of aliphatic imine (C=N–C) groups is 1. The fourth-order valence-electron chi connectivity index (χ4n) is 4.03. The van der Waals surface area contributed by atoms with Gasteiger partial charge in [0.15, 0.2) is 0 Å². The van der Waals surface area contributed by atoms with Gasteiger partial charge in [0.1, 0.15) is 0 Å². The molecule has 0 aromatic heterocycles. The molecule has 1 radical (unpaired) electrons. The minimum absolute atomic E-state index is 0.0896. The quantitative estimate of drug-likeness (QED) is 0.689. The van der Waals surface area contributed by atoms with Gasteiger partial charge in [-0.2, -0.15) is 0 Å².